The summed E-state index contributed by atoms with van der Waals surface area (Å²) in [7, 11) is 0. The molecule has 0 aliphatic carbocycles. The van der Waals surface area contributed by atoms with Crippen LogP contribution < -0.4 is 25.0 Å². The Bertz CT molecular complexity index is 1910. The maximum atomic E-state index is 12.5. The number of hydrogen-bond donors (Lipinski definition) is 2. The number of aromatic nitrogens is 3. The lowest BCUT2D eigenvalue weighted by Gasteiger charge is -2.37. The summed E-state index contributed by atoms with van der Waals surface area (Å²) in [5.41, 5.74) is 4.39. The van der Waals surface area contributed by atoms with E-state index in [1.807, 2.05) is 59.3 Å². The van der Waals surface area contributed by atoms with E-state index in [1.54, 1.807) is 18.3 Å². The van der Waals surface area contributed by atoms with E-state index >= 15 is 0 Å². The lowest BCUT2D eigenvalue weighted by Crippen LogP contribution is -2.46. The second kappa shape index (κ2) is 12.1. The van der Waals surface area contributed by atoms with E-state index < -0.39 is 0 Å². The van der Waals surface area contributed by atoms with Crippen molar-refractivity contribution in [2.45, 2.75) is 6.54 Å². The zero-order chi connectivity index (χ0) is 30.8. The van der Waals surface area contributed by atoms with Gasteiger partial charge in [-0.25, -0.2) is 4.98 Å². The summed E-state index contributed by atoms with van der Waals surface area (Å²) in [5, 5.41) is 7.22. The third-order valence-electron chi connectivity index (χ3n) is 8.03. The Kier molecular flexibility index (Phi) is 7.58. The van der Waals surface area contributed by atoms with Gasteiger partial charge in [0.15, 0.2) is 17.8 Å². The Hall–Kier alpha value is -5.68. The maximum absolute atomic E-state index is 12.5. The molecule has 2 aliphatic rings. The smallest absolute Gasteiger partial charge is 0.247 e. The predicted molar refractivity (Wildman–Crippen MR) is 173 cm³/mol. The number of nitrogens with one attached hydrogen (secondary N) is 2. The number of amides is 1. The molecule has 1 fully saturated rings. The maximum Gasteiger partial charge on any atom is 0.247 e. The third kappa shape index (κ3) is 5.80. The predicted octanol–water partition coefficient (Wildman–Crippen LogP) is 5.15. The van der Waals surface area contributed by atoms with Crippen molar-refractivity contribution in [1.29, 1.82) is 0 Å². The van der Waals surface area contributed by atoms with Crippen LogP contribution in [0.15, 0.2) is 91.8 Å². The first kappa shape index (κ1) is 28.1. The standard InChI is InChI=1S/C34H31N7O4/c1-2-33(43)36-27-19-26(37-34-35-11-9-32(38-34)41-12-10-24-5-3-4-6-28(24)41)25(21-42)18-29(27)40-15-13-39(14-16-40)20-23-7-8-30-31(17-23)45-22-44-30/h2-12,17-19,21H,1,13-16,20,22H2,(H,36,43)(H,35,37,38). The molecule has 5 aromatic rings. The van der Waals surface area contributed by atoms with Crippen LogP contribution >= 0.6 is 0 Å². The van der Waals surface area contributed by atoms with E-state index in [2.05, 4.69) is 38.1 Å². The number of rotatable bonds is 9. The van der Waals surface area contributed by atoms with Crippen LogP contribution in [0.1, 0.15) is 15.9 Å². The molecule has 45 heavy (non-hydrogen) atoms. The van der Waals surface area contributed by atoms with E-state index in [0.717, 1.165) is 59.6 Å². The molecule has 2 N–H and O–H groups in total. The molecule has 0 spiro atoms. The number of aldehydes is 1. The number of piperazine rings is 1. The summed E-state index contributed by atoms with van der Waals surface area (Å²) in [5.74, 6) is 2.20. The molecule has 1 saturated heterocycles. The van der Waals surface area contributed by atoms with Crippen molar-refractivity contribution < 1.29 is 19.1 Å². The van der Waals surface area contributed by atoms with Crippen molar-refractivity contribution in [3.05, 3.63) is 103 Å². The lowest BCUT2D eigenvalue weighted by atomic mass is 10.1. The second-order valence-electron chi connectivity index (χ2n) is 10.8. The summed E-state index contributed by atoms with van der Waals surface area (Å²) in [6.45, 7) is 7.66. The van der Waals surface area contributed by atoms with Crippen LogP contribution in [-0.2, 0) is 11.3 Å². The zero-order valence-electron chi connectivity index (χ0n) is 24.5. The van der Waals surface area contributed by atoms with Gasteiger partial charge in [-0.3, -0.25) is 14.5 Å². The van der Waals surface area contributed by atoms with Crippen LogP contribution in [0.2, 0.25) is 0 Å². The fourth-order valence-electron chi connectivity index (χ4n) is 5.75. The van der Waals surface area contributed by atoms with E-state index in [1.165, 1.54) is 6.08 Å². The van der Waals surface area contributed by atoms with Crippen LogP contribution in [0.4, 0.5) is 23.0 Å². The number of nitrogens with zero attached hydrogens (tertiary/aromatic N) is 5. The molecule has 0 bridgehead atoms. The minimum atomic E-state index is -0.347. The first-order valence-electron chi connectivity index (χ1n) is 14.7. The molecule has 11 heteroatoms. The fraction of sp³-hybridized carbons (Fsp3) is 0.176. The average molecular weight is 602 g/mol. The minimum Gasteiger partial charge on any atom is -0.454 e. The lowest BCUT2D eigenvalue weighted by molar-refractivity contribution is -0.111. The zero-order valence-corrected chi connectivity index (χ0v) is 24.5. The van der Waals surface area contributed by atoms with Crippen molar-refractivity contribution in [3.63, 3.8) is 0 Å². The molecular weight excluding hydrogens is 570 g/mol. The topological polar surface area (TPSA) is 114 Å². The van der Waals surface area contributed by atoms with Gasteiger partial charge in [0, 0.05) is 50.7 Å². The van der Waals surface area contributed by atoms with E-state index in [4.69, 9.17) is 14.5 Å². The second-order valence-corrected chi connectivity index (χ2v) is 10.8. The Labute approximate surface area is 259 Å². The van der Waals surface area contributed by atoms with E-state index in [-0.39, 0.29) is 12.7 Å². The Balaban J connectivity index is 1.12. The van der Waals surface area contributed by atoms with Gasteiger partial charge in [-0.05, 0) is 59.5 Å². The van der Waals surface area contributed by atoms with Crippen LogP contribution in [0, 0.1) is 0 Å². The number of carbonyl (C=O) groups excluding carboxylic acids is 2. The number of hydrogen-bond acceptors (Lipinski definition) is 9. The van der Waals surface area contributed by atoms with Crippen LogP contribution in [0.25, 0.3) is 16.7 Å². The average Bonchev–Trinajstić information content (AvgIpc) is 3.73. The molecule has 0 radical (unpaired) electrons. The van der Waals surface area contributed by atoms with E-state index in [0.29, 0.717) is 41.8 Å². The van der Waals surface area contributed by atoms with Crippen molar-refractivity contribution in [1.82, 2.24) is 19.4 Å². The van der Waals surface area contributed by atoms with Gasteiger partial charge in [-0.2, -0.15) is 4.98 Å². The highest BCUT2D eigenvalue weighted by molar-refractivity contribution is 6.03. The van der Waals surface area contributed by atoms with Gasteiger partial charge in [0.25, 0.3) is 0 Å². The van der Waals surface area contributed by atoms with Gasteiger partial charge in [-0.1, -0.05) is 30.8 Å². The number of fused-ring (bicyclic) bond motifs is 2. The first-order valence-corrected chi connectivity index (χ1v) is 14.7. The molecule has 11 nitrogen and oxygen atoms in total. The highest BCUT2D eigenvalue weighted by atomic mass is 16.7. The SMILES string of the molecule is C=CC(=O)Nc1cc(Nc2nccc(-n3ccc4ccccc43)n2)c(C=O)cc1N1CCN(Cc2ccc3c(c2)OCO3)CC1. The van der Waals surface area contributed by atoms with Crippen LogP contribution in [0.3, 0.4) is 0 Å². The first-order chi connectivity index (χ1) is 22.1. The van der Waals surface area contributed by atoms with Gasteiger partial charge in [-0.15, -0.1) is 0 Å². The summed E-state index contributed by atoms with van der Waals surface area (Å²) in [4.78, 5) is 38.5. The quantitative estimate of drug-likeness (QED) is 0.175. The van der Waals surface area contributed by atoms with Gasteiger partial charge in [0.05, 0.1) is 22.6 Å². The molecule has 2 aromatic heterocycles. The van der Waals surface area contributed by atoms with Crippen molar-refractivity contribution in [2.75, 3.05) is 48.5 Å². The van der Waals surface area contributed by atoms with Crippen LogP contribution in [0.5, 0.6) is 11.5 Å². The monoisotopic (exact) mass is 601 g/mol. The number of carbonyl (C=O) groups is 2. The third-order valence-corrected chi connectivity index (χ3v) is 8.03. The number of ether oxygens (including phenoxy) is 2. The van der Waals surface area contributed by atoms with Crippen molar-refractivity contribution in [2.24, 2.45) is 0 Å². The number of benzene rings is 3. The fourth-order valence-corrected chi connectivity index (χ4v) is 5.75. The van der Waals surface area contributed by atoms with Gasteiger partial charge in [0.1, 0.15) is 5.82 Å². The molecule has 2 aliphatic heterocycles. The molecule has 0 saturated carbocycles. The summed E-state index contributed by atoms with van der Waals surface area (Å²) < 4.78 is 12.9. The molecular formula is C34H31N7O4. The Morgan fingerprint density at radius 2 is 1.80 bits per heavy atom. The van der Waals surface area contributed by atoms with E-state index in [9.17, 15) is 9.59 Å². The Morgan fingerprint density at radius 1 is 0.956 bits per heavy atom. The van der Waals surface area contributed by atoms with Gasteiger partial charge in [0.2, 0.25) is 18.6 Å². The Morgan fingerprint density at radius 3 is 2.64 bits per heavy atom. The summed E-state index contributed by atoms with van der Waals surface area (Å²) >= 11 is 0. The summed E-state index contributed by atoms with van der Waals surface area (Å²) in [6.07, 6.45) is 5.64. The van der Waals surface area contributed by atoms with Crippen LogP contribution in [-0.4, -0.2) is 64.6 Å². The van der Waals surface area contributed by atoms with Crippen molar-refractivity contribution in [3.8, 4) is 17.3 Å². The molecule has 3 aromatic carbocycles. The normalized spacial score (nSPS) is 14.4. The molecule has 0 atom stereocenters. The van der Waals surface area contributed by atoms with Gasteiger partial charge >= 0.3 is 0 Å². The largest absolute Gasteiger partial charge is 0.454 e. The van der Waals surface area contributed by atoms with Crippen molar-refractivity contribution >= 4 is 46.1 Å². The highest BCUT2D eigenvalue weighted by Crippen LogP contribution is 2.35. The summed E-state index contributed by atoms with van der Waals surface area (Å²) in [6, 6.07) is 21.5. The molecule has 4 heterocycles. The molecule has 7 rings (SSSR count). The van der Waals surface area contributed by atoms with Gasteiger partial charge < -0.3 is 29.6 Å². The molecule has 1 amide bonds. The molecule has 226 valence electrons. The number of anilines is 4. The molecule has 0 unspecified atom stereocenters. The minimum absolute atomic E-state index is 0.254. The number of para-hydroxylation sites is 1. The highest BCUT2D eigenvalue weighted by Gasteiger charge is 2.23.